The van der Waals surface area contributed by atoms with Crippen molar-refractivity contribution in [2.45, 2.75) is 51.1 Å². The van der Waals surface area contributed by atoms with E-state index in [1.54, 1.807) is 6.92 Å². The van der Waals surface area contributed by atoms with Crippen LogP contribution in [0.2, 0.25) is 0 Å². The minimum Gasteiger partial charge on any atom is -0.480 e. The van der Waals surface area contributed by atoms with E-state index in [1.807, 2.05) is 0 Å². The molecule has 5 heteroatoms. The van der Waals surface area contributed by atoms with Crippen LogP contribution in [0.4, 0.5) is 4.79 Å². The van der Waals surface area contributed by atoms with E-state index in [0.29, 0.717) is 6.42 Å². The first-order valence-electron chi connectivity index (χ1n) is 5.43. The fourth-order valence-electron chi connectivity index (χ4n) is 1.79. The Morgan fingerprint density at radius 1 is 1.40 bits per heavy atom. The molecule has 86 valence electrons. The average Bonchev–Trinajstić information content (AvgIpc) is 2.66. The topological polar surface area (TPSA) is 78.4 Å². The second-order valence-corrected chi connectivity index (χ2v) is 3.90. The van der Waals surface area contributed by atoms with Gasteiger partial charge >= 0.3 is 12.0 Å². The maximum absolute atomic E-state index is 11.4. The highest BCUT2D eigenvalue weighted by atomic mass is 16.4. The lowest BCUT2D eigenvalue weighted by Gasteiger charge is -2.16. The maximum Gasteiger partial charge on any atom is 0.326 e. The van der Waals surface area contributed by atoms with Crippen LogP contribution in [0.15, 0.2) is 0 Å². The lowest BCUT2D eigenvalue weighted by molar-refractivity contribution is -0.139. The molecule has 0 unspecified atom stereocenters. The molecule has 0 aromatic carbocycles. The molecule has 5 nitrogen and oxygen atoms in total. The summed E-state index contributed by atoms with van der Waals surface area (Å²) in [6.45, 7) is 1.73. The number of carbonyl (C=O) groups excluding carboxylic acids is 1. The van der Waals surface area contributed by atoms with E-state index in [-0.39, 0.29) is 12.1 Å². The van der Waals surface area contributed by atoms with Crippen LogP contribution in [0, 0.1) is 0 Å². The first kappa shape index (κ1) is 11.8. The number of carboxylic acid groups (broad SMARTS) is 1. The van der Waals surface area contributed by atoms with Crippen LogP contribution in [0.1, 0.15) is 39.0 Å². The summed E-state index contributed by atoms with van der Waals surface area (Å²) in [5.74, 6) is -0.987. The molecule has 1 aliphatic rings. The zero-order valence-corrected chi connectivity index (χ0v) is 8.95. The highest BCUT2D eigenvalue weighted by Gasteiger charge is 2.21. The van der Waals surface area contributed by atoms with Gasteiger partial charge in [-0.3, -0.25) is 0 Å². The molecule has 0 aliphatic heterocycles. The van der Waals surface area contributed by atoms with Crippen molar-refractivity contribution < 1.29 is 14.7 Å². The summed E-state index contributed by atoms with van der Waals surface area (Å²) >= 11 is 0. The lowest BCUT2D eigenvalue weighted by Crippen LogP contribution is -2.48. The number of rotatable bonds is 4. The third-order valence-electron chi connectivity index (χ3n) is 2.70. The zero-order valence-electron chi connectivity index (χ0n) is 8.95. The van der Waals surface area contributed by atoms with Gasteiger partial charge in [0.1, 0.15) is 6.04 Å². The third-order valence-corrected chi connectivity index (χ3v) is 2.70. The number of nitrogens with one attached hydrogen (secondary N) is 2. The van der Waals surface area contributed by atoms with Crippen LogP contribution in [0.25, 0.3) is 0 Å². The van der Waals surface area contributed by atoms with Crippen LogP contribution in [0.5, 0.6) is 0 Å². The molecule has 15 heavy (non-hydrogen) atoms. The Labute approximate surface area is 89.2 Å². The van der Waals surface area contributed by atoms with E-state index in [4.69, 9.17) is 5.11 Å². The van der Waals surface area contributed by atoms with Gasteiger partial charge in [-0.2, -0.15) is 0 Å². The second-order valence-electron chi connectivity index (χ2n) is 3.90. The molecule has 1 fully saturated rings. The van der Waals surface area contributed by atoms with Crippen molar-refractivity contribution in [1.29, 1.82) is 0 Å². The standard InChI is InChI=1S/C10H18N2O3/c1-2-8(9(13)14)12-10(15)11-7-5-3-4-6-7/h7-8H,2-6H2,1H3,(H,13,14)(H2,11,12,15)/t8-/m0/s1. The Morgan fingerprint density at radius 2 is 2.00 bits per heavy atom. The Hall–Kier alpha value is -1.26. The number of carboxylic acids is 1. The molecule has 0 aromatic rings. The monoisotopic (exact) mass is 214 g/mol. The normalized spacial score (nSPS) is 18.5. The Kier molecular flexibility index (Phi) is 4.39. The number of aliphatic carboxylic acids is 1. The highest BCUT2D eigenvalue weighted by Crippen LogP contribution is 2.17. The number of hydrogen-bond acceptors (Lipinski definition) is 2. The summed E-state index contributed by atoms with van der Waals surface area (Å²) < 4.78 is 0. The van der Waals surface area contributed by atoms with E-state index in [1.165, 1.54) is 0 Å². The molecule has 0 bridgehead atoms. The van der Waals surface area contributed by atoms with Crippen molar-refractivity contribution in [3.8, 4) is 0 Å². The summed E-state index contributed by atoms with van der Waals surface area (Å²) in [6.07, 6.45) is 4.67. The van der Waals surface area contributed by atoms with Gasteiger partial charge in [0.05, 0.1) is 0 Å². The van der Waals surface area contributed by atoms with Gasteiger partial charge in [-0.05, 0) is 19.3 Å². The molecule has 0 aromatic heterocycles. The molecule has 1 aliphatic carbocycles. The van der Waals surface area contributed by atoms with E-state index in [9.17, 15) is 9.59 Å². The molecule has 2 amide bonds. The highest BCUT2D eigenvalue weighted by molar-refractivity contribution is 5.82. The molecule has 0 heterocycles. The average molecular weight is 214 g/mol. The SMILES string of the molecule is CC[C@H](NC(=O)NC1CCCC1)C(=O)O. The first-order valence-corrected chi connectivity index (χ1v) is 5.43. The third kappa shape index (κ3) is 3.77. The van der Waals surface area contributed by atoms with Gasteiger partial charge in [0.15, 0.2) is 0 Å². The minimum atomic E-state index is -0.987. The molecule has 1 rings (SSSR count). The molecular formula is C10H18N2O3. The molecular weight excluding hydrogens is 196 g/mol. The van der Waals surface area contributed by atoms with Crippen LogP contribution in [0.3, 0.4) is 0 Å². The summed E-state index contributed by atoms with van der Waals surface area (Å²) in [5.41, 5.74) is 0. The maximum atomic E-state index is 11.4. The summed E-state index contributed by atoms with van der Waals surface area (Å²) in [7, 11) is 0. The molecule has 0 saturated heterocycles. The van der Waals surface area contributed by atoms with Crippen molar-refractivity contribution in [1.82, 2.24) is 10.6 Å². The van der Waals surface area contributed by atoms with Crippen molar-refractivity contribution in [3.63, 3.8) is 0 Å². The molecule has 0 radical (unpaired) electrons. The van der Waals surface area contributed by atoms with Crippen LogP contribution >= 0.6 is 0 Å². The van der Waals surface area contributed by atoms with Crippen molar-refractivity contribution in [2.24, 2.45) is 0 Å². The predicted molar refractivity (Wildman–Crippen MR) is 55.6 cm³/mol. The van der Waals surface area contributed by atoms with Gasteiger partial charge in [-0.1, -0.05) is 19.8 Å². The van der Waals surface area contributed by atoms with E-state index in [2.05, 4.69) is 10.6 Å². The van der Waals surface area contributed by atoms with Gasteiger partial charge in [-0.15, -0.1) is 0 Å². The fourth-order valence-corrected chi connectivity index (χ4v) is 1.79. The smallest absolute Gasteiger partial charge is 0.326 e. The lowest BCUT2D eigenvalue weighted by atomic mass is 10.2. The van der Waals surface area contributed by atoms with Crippen LogP contribution < -0.4 is 10.6 Å². The zero-order chi connectivity index (χ0) is 11.3. The summed E-state index contributed by atoms with van der Waals surface area (Å²) in [5, 5.41) is 14.0. The van der Waals surface area contributed by atoms with Gasteiger partial charge < -0.3 is 15.7 Å². The van der Waals surface area contributed by atoms with Crippen molar-refractivity contribution >= 4 is 12.0 Å². The first-order chi connectivity index (χ1) is 7.13. The predicted octanol–water partition coefficient (Wildman–Crippen LogP) is 1.09. The number of amides is 2. The quantitative estimate of drug-likeness (QED) is 0.655. The Balaban J connectivity index is 2.30. The summed E-state index contributed by atoms with van der Waals surface area (Å²) in [6, 6.07) is -0.932. The molecule has 1 saturated carbocycles. The van der Waals surface area contributed by atoms with E-state index >= 15 is 0 Å². The van der Waals surface area contributed by atoms with Gasteiger partial charge in [0.2, 0.25) is 0 Å². The minimum absolute atomic E-state index is 0.219. The van der Waals surface area contributed by atoms with Crippen molar-refractivity contribution in [2.75, 3.05) is 0 Å². The number of hydrogen-bond donors (Lipinski definition) is 3. The molecule has 0 spiro atoms. The Bertz CT molecular complexity index is 237. The van der Waals surface area contributed by atoms with Crippen LogP contribution in [-0.2, 0) is 4.79 Å². The van der Waals surface area contributed by atoms with Gasteiger partial charge in [-0.25, -0.2) is 9.59 Å². The van der Waals surface area contributed by atoms with E-state index < -0.39 is 12.0 Å². The number of urea groups is 1. The second kappa shape index (κ2) is 5.58. The van der Waals surface area contributed by atoms with E-state index in [0.717, 1.165) is 25.7 Å². The van der Waals surface area contributed by atoms with Crippen molar-refractivity contribution in [3.05, 3.63) is 0 Å². The number of carbonyl (C=O) groups is 2. The summed E-state index contributed by atoms with van der Waals surface area (Å²) in [4.78, 5) is 22.0. The van der Waals surface area contributed by atoms with Gasteiger partial charge in [0, 0.05) is 6.04 Å². The molecule has 3 N–H and O–H groups in total. The Morgan fingerprint density at radius 3 is 2.47 bits per heavy atom. The van der Waals surface area contributed by atoms with Gasteiger partial charge in [0.25, 0.3) is 0 Å². The molecule has 1 atom stereocenters. The fraction of sp³-hybridized carbons (Fsp3) is 0.800. The van der Waals surface area contributed by atoms with Crippen LogP contribution in [-0.4, -0.2) is 29.2 Å². The largest absolute Gasteiger partial charge is 0.480 e.